The first-order valence-corrected chi connectivity index (χ1v) is 5.00. The molecule has 74 valence electrons. The van der Waals surface area contributed by atoms with Crippen LogP contribution in [0.2, 0.25) is 0 Å². The van der Waals surface area contributed by atoms with E-state index < -0.39 is 0 Å². The lowest BCUT2D eigenvalue weighted by Crippen LogP contribution is -1.73. The lowest BCUT2D eigenvalue weighted by molar-refractivity contribution is -0.104. The number of hydrogen-bond donors (Lipinski definition) is 0. The van der Waals surface area contributed by atoms with Crippen molar-refractivity contribution in [2.24, 2.45) is 0 Å². The second-order valence-corrected chi connectivity index (χ2v) is 2.88. The molecule has 0 aliphatic heterocycles. The van der Waals surface area contributed by atoms with E-state index in [1.54, 1.807) is 0 Å². The minimum absolute atomic E-state index is 0.701. The molecular formula is C13H16O. The molecule has 0 saturated heterocycles. The Balaban J connectivity index is 3.46. The molecule has 0 aromatic rings. The third kappa shape index (κ3) is 10.5. The lowest BCUT2D eigenvalue weighted by Gasteiger charge is -1.90. The summed E-state index contributed by atoms with van der Waals surface area (Å²) in [6.07, 6.45) is 9.43. The monoisotopic (exact) mass is 188 g/mol. The van der Waals surface area contributed by atoms with Crippen LogP contribution in [0, 0.1) is 23.7 Å². The Morgan fingerprint density at radius 2 is 2.00 bits per heavy atom. The normalized spacial score (nSPS) is 8.64. The predicted molar refractivity (Wildman–Crippen MR) is 59.5 cm³/mol. The summed E-state index contributed by atoms with van der Waals surface area (Å²) in [5.41, 5.74) is 0. The van der Waals surface area contributed by atoms with Gasteiger partial charge in [-0.2, -0.15) is 0 Å². The van der Waals surface area contributed by atoms with Gasteiger partial charge in [-0.1, -0.05) is 38.0 Å². The largest absolute Gasteiger partial charge is 0.299 e. The summed E-state index contributed by atoms with van der Waals surface area (Å²) in [6.45, 7) is 2.19. The van der Waals surface area contributed by atoms with Crippen molar-refractivity contribution < 1.29 is 4.79 Å². The van der Waals surface area contributed by atoms with Crippen LogP contribution >= 0.6 is 0 Å². The lowest BCUT2D eigenvalue weighted by atomic mass is 10.2. The summed E-state index contributed by atoms with van der Waals surface area (Å²) >= 11 is 0. The minimum Gasteiger partial charge on any atom is -0.299 e. The summed E-state index contributed by atoms with van der Waals surface area (Å²) in [7, 11) is 0. The maximum Gasteiger partial charge on any atom is 0.143 e. The van der Waals surface area contributed by atoms with Gasteiger partial charge in [-0.05, 0) is 30.4 Å². The molecule has 0 fully saturated rings. The van der Waals surface area contributed by atoms with Crippen molar-refractivity contribution in [1.82, 2.24) is 0 Å². The molecule has 0 aliphatic rings. The van der Waals surface area contributed by atoms with Crippen molar-refractivity contribution >= 4 is 6.29 Å². The summed E-state index contributed by atoms with van der Waals surface area (Å²) in [5.74, 6) is 11.0. The predicted octanol–water partition coefficient (Wildman–Crippen LogP) is 2.72. The molecule has 0 radical (unpaired) electrons. The Morgan fingerprint density at radius 3 is 2.71 bits per heavy atom. The van der Waals surface area contributed by atoms with Crippen molar-refractivity contribution in [2.45, 2.75) is 39.0 Å². The molecule has 0 heterocycles. The van der Waals surface area contributed by atoms with Crippen molar-refractivity contribution in [3.63, 3.8) is 0 Å². The first-order chi connectivity index (χ1) is 6.91. The second kappa shape index (κ2) is 11.5. The van der Waals surface area contributed by atoms with E-state index >= 15 is 0 Å². The van der Waals surface area contributed by atoms with Crippen LogP contribution in [-0.4, -0.2) is 6.29 Å². The minimum atomic E-state index is 0.701. The number of aldehydes is 1. The molecule has 0 unspecified atom stereocenters. The zero-order valence-electron chi connectivity index (χ0n) is 8.68. The maximum atomic E-state index is 9.85. The molecule has 0 amide bonds. The van der Waals surface area contributed by atoms with E-state index in [4.69, 9.17) is 0 Å². The average Bonchev–Trinajstić information content (AvgIpc) is 2.21. The van der Waals surface area contributed by atoms with Crippen LogP contribution < -0.4 is 0 Å². The van der Waals surface area contributed by atoms with Crippen LogP contribution in [0.15, 0.2) is 12.2 Å². The SMILES string of the molecule is CCCCCCC#CC#C/C=C/C=O. The zero-order chi connectivity index (χ0) is 10.5. The molecule has 0 rings (SSSR count). The molecule has 1 heteroatoms. The van der Waals surface area contributed by atoms with Gasteiger partial charge in [-0.25, -0.2) is 0 Å². The van der Waals surface area contributed by atoms with Gasteiger partial charge in [0.25, 0.3) is 0 Å². The van der Waals surface area contributed by atoms with Crippen LogP contribution in [0.5, 0.6) is 0 Å². The number of carbonyl (C=O) groups excluding carboxylic acids is 1. The van der Waals surface area contributed by atoms with E-state index in [9.17, 15) is 4.79 Å². The van der Waals surface area contributed by atoms with Crippen molar-refractivity contribution in [2.75, 3.05) is 0 Å². The Hall–Kier alpha value is -1.47. The number of unbranched alkanes of at least 4 members (excludes halogenated alkanes) is 4. The van der Waals surface area contributed by atoms with Crippen LogP contribution in [0.4, 0.5) is 0 Å². The van der Waals surface area contributed by atoms with Gasteiger partial charge < -0.3 is 0 Å². The van der Waals surface area contributed by atoms with Gasteiger partial charge in [0.15, 0.2) is 0 Å². The summed E-state index contributed by atoms with van der Waals surface area (Å²) in [5, 5.41) is 0. The maximum absolute atomic E-state index is 9.85. The number of hydrogen-bond acceptors (Lipinski definition) is 1. The van der Waals surface area contributed by atoms with E-state index in [2.05, 4.69) is 30.6 Å². The van der Waals surface area contributed by atoms with Gasteiger partial charge in [0.2, 0.25) is 0 Å². The highest BCUT2D eigenvalue weighted by molar-refractivity contribution is 5.65. The average molecular weight is 188 g/mol. The topological polar surface area (TPSA) is 17.1 Å². The fraction of sp³-hybridized carbons (Fsp3) is 0.462. The molecule has 0 bridgehead atoms. The highest BCUT2D eigenvalue weighted by Gasteiger charge is 1.82. The first-order valence-electron chi connectivity index (χ1n) is 5.00. The zero-order valence-corrected chi connectivity index (χ0v) is 8.68. The molecule has 1 nitrogen and oxygen atoms in total. The second-order valence-electron chi connectivity index (χ2n) is 2.88. The first kappa shape index (κ1) is 12.5. The van der Waals surface area contributed by atoms with Gasteiger partial charge in [0.1, 0.15) is 6.29 Å². The van der Waals surface area contributed by atoms with Crippen molar-refractivity contribution in [1.29, 1.82) is 0 Å². The van der Waals surface area contributed by atoms with Crippen LogP contribution in [0.1, 0.15) is 39.0 Å². The van der Waals surface area contributed by atoms with E-state index in [1.807, 2.05) is 0 Å². The molecule has 0 N–H and O–H groups in total. The standard InChI is InChI=1S/C13H16O/c1-2-3-4-5-6-7-8-9-10-11-12-13-14/h11-13H,2-6H2,1H3/b12-11+. The quantitative estimate of drug-likeness (QED) is 0.280. The number of rotatable bonds is 5. The Bertz CT molecular complexity index is 278. The molecule has 0 spiro atoms. The Morgan fingerprint density at radius 1 is 1.14 bits per heavy atom. The molecule has 14 heavy (non-hydrogen) atoms. The van der Waals surface area contributed by atoms with Gasteiger partial charge in [0.05, 0.1) is 0 Å². The van der Waals surface area contributed by atoms with Gasteiger partial charge >= 0.3 is 0 Å². The molecule has 0 atom stereocenters. The number of allylic oxidation sites excluding steroid dienone is 2. The van der Waals surface area contributed by atoms with Gasteiger partial charge in [0, 0.05) is 6.42 Å². The number of carbonyl (C=O) groups is 1. The van der Waals surface area contributed by atoms with Crippen LogP contribution in [0.25, 0.3) is 0 Å². The van der Waals surface area contributed by atoms with E-state index in [0.717, 1.165) is 12.8 Å². The fourth-order valence-electron chi connectivity index (χ4n) is 0.912. The highest BCUT2D eigenvalue weighted by atomic mass is 16.1. The summed E-state index contributed by atoms with van der Waals surface area (Å²) < 4.78 is 0. The molecule has 0 aromatic carbocycles. The smallest absolute Gasteiger partial charge is 0.143 e. The van der Waals surface area contributed by atoms with Gasteiger partial charge in [-0.15, -0.1) is 0 Å². The van der Waals surface area contributed by atoms with Crippen molar-refractivity contribution in [3.8, 4) is 23.7 Å². The van der Waals surface area contributed by atoms with Crippen LogP contribution in [-0.2, 0) is 4.79 Å². The molecule has 0 aromatic heterocycles. The van der Waals surface area contributed by atoms with E-state index in [1.165, 1.54) is 31.4 Å². The molecule has 0 saturated carbocycles. The van der Waals surface area contributed by atoms with Crippen LogP contribution in [0.3, 0.4) is 0 Å². The summed E-state index contributed by atoms with van der Waals surface area (Å²) in [6, 6.07) is 0. The Kier molecular flexibility index (Phi) is 10.3. The summed E-state index contributed by atoms with van der Waals surface area (Å²) in [4.78, 5) is 9.85. The van der Waals surface area contributed by atoms with E-state index in [0.29, 0.717) is 6.29 Å². The Labute approximate surface area is 86.6 Å². The van der Waals surface area contributed by atoms with Gasteiger partial charge in [-0.3, -0.25) is 4.79 Å². The van der Waals surface area contributed by atoms with Crippen molar-refractivity contribution in [3.05, 3.63) is 12.2 Å². The highest BCUT2D eigenvalue weighted by Crippen LogP contribution is 2.00. The molecule has 0 aliphatic carbocycles. The third-order valence-corrected chi connectivity index (χ3v) is 1.64. The van der Waals surface area contributed by atoms with E-state index in [-0.39, 0.29) is 0 Å². The molecular weight excluding hydrogens is 172 g/mol. The fourth-order valence-corrected chi connectivity index (χ4v) is 0.912. The third-order valence-electron chi connectivity index (χ3n) is 1.64.